The summed E-state index contributed by atoms with van der Waals surface area (Å²) in [6.07, 6.45) is 4.12. The van der Waals surface area contributed by atoms with Crippen LogP contribution >= 0.6 is 0 Å². The number of fused-ring (bicyclic) bond motifs is 1. The van der Waals surface area contributed by atoms with Crippen LogP contribution in [0.5, 0.6) is 0 Å². The van der Waals surface area contributed by atoms with Crippen molar-refractivity contribution >= 4 is 11.0 Å². The van der Waals surface area contributed by atoms with Gasteiger partial charge in [-0.05, 0) is 18.9 Å². The summed E-state index contributed by atoms with van der Waals surface area (Å²) in [7, 11) is 0. The van der Waals surface area contributed by atoms with Gasteiger partial charge in [0.1, 0.15) is 5.82 Å². The molecule has 1 N–H and O–H groups in total. The van der Waals surface area contributed by atoms with Gasteiger partial charge in [-0.2, -0.15) is 0 Å². The molecule has 1 aliphatic rings. The smallest absolute Gasteiger partial charge is 0.276 e. The summed E-state index contributed by atoms with van der Waals surface area (Å²) in [4.78, 5) is 18.9. The SMILES string of the molecule is CC(C)c1nc2c(=O)[nH]ccc2n1C1CC1. The van der Waals surface area contributed by atoms with Crippen molar-refractivity contribution in [3.63, 3.8) is 0 Å². The number of imidazole rings is 1. The standard InChI is InChI=1S/C12H15N3O/c1-7(2)11-14-10-9(5-6-13-12(10)16)15(11)8-3-4-8/h5-8H,3-4H2,1-2H3,(H,13,16). The van der Waals surface area contributed by atoms with Gasteiger partial charge in [-0.1, -0.05) is 13.8 Å². The summed E-state index contributed by atoms with van der Waals surface area (Å²) in [6.45, 7) is 4.24. The summed E-state index contributed by atoms with van der Waals surface area (Å²) in [5, 5.41) is 0. The second kappa shape index (κ2) is 3.20. The first-order valence-electron chi connectivity index (χ1n) is 5.78. The van der Waals surface area contributed by atoms with Crippen LogP contribution in [-0.4, -0.2) is 14.5 Å². The monoisotopic (exact) mass is 217 g/mol. The quantitative estimate of drug-likeness (QED) is 0.838. The van der Waals surface area contributed by atoms with E-state index in [1.54, 1.807) is 6.20 Å². The summed E-state index contributed by atoms with van der Waals surface area (Å²) in [5.74, 6) is 1.39. The lowest BCUT2D eigenvalue weighted by atomic mass is 10.2. The number of aromatic nitrogens is 3. The number of H-pyrrole nitrogens is 1. The fourth-order valence-corrected chi connectivity index (χ4v) is 2.18. The molecule has 0 atom stereocenters. The second-order valence-corrected chi connectivity index (χ2v) is 4.77. The molecular weight excluding hydrogens is 202 g/mol. The van der Waals surface area contributed by atoms with Gasteiger partial charge in [-0.15, -0.1) is 0 Å². The third-order valence-corrected chi connectivity index (χ3v) is 3.07. The van der Waals surface area contributed by atoms with Crippen molar-refractivity contribution in [1.29, 1.82) is 0 Å². The lowest BCUT2D eigenvalue weighted by Gasteiger charge is -2.09. The Balaban J connectivity index is 2.37. The van der Waals surface area contributed by atoms with E-state index in [1.165, 1.54) is 12.8 Å². The molecule has 1 fully saturated rings. The molecule has 0 aliphatic heterocycles. The van der Waals surface area contributed by atoms with E-state index < -0.39 is 0 Å². The first-order chi connectivity index (χ1) is 7.68. The zero-order chi connectivity index (χ0) is 11.3. The van der Waals surface area contributed by atoms with Crippen molar-refractivity contribution in [2.75, 3.05) is 0 Å². The molecular formula is C12H15N3O. The minimum Gasteiger partial charge on any atom is -0.327 e. The number of pyridine rings is 1. The zero-order valence-electron chi connectivity index (χ0n) is 9.53. The van der Waals surface area contributed by atoms with Crippen molar-refractivity contribution in [3.05, 3.63) is 28.4 Å². The minimum absolute atomic E-state index is 0.0844. The Hall–Kier alpha value is -1.58. The van der Waals surface area contributed by atoms with Gasteiger partial charge in [0.2, 0.25) is 0 Å². The molecule has 1 saturated carbocycles. The van der Waals surface area contributed by atoms with Gasteiger partial charge < -0.3 is 9.55 Å². The Kier molecular flexibility index (Phi) is 1.93. The predicted molar refractivity (Wildman–Crippen MR) is 62.7 cm³/mol. The molecule has 0 aromatic carbocycles. The van der Waals surface area contributed by atoms with Crippen LogP contribution in [0.15, 0.2) is 17.1 Å². The van der Waals surface area contributed by atoms with Gasteiger partial charge in [0.05, 0.1) is 5.52 Å². The molecule has 84 valence electrons. The molecule has 0 unspecified atom stereocenters. The highest BCUT2D eigenvalue weighted by atomic mass is 16.1. The molecule has 4 heteroatoms. The highest BCUT2D eigenvalue weighted by Gasteiger charge is 2.29. The van der Waals surface area contributed by atoms with Gasteiger partial charge in [0, 0.05) is 18.2 Å². The van der Waals surface area contributed by atoms with Crippen LogP contribution in [0.3, 0.4) is 0 Å². The van der Waals surface area contributed by atoms with E-state index in [0.29, 0.717) is 17.5 Å². The van der Waals surface area contributed by atoms with Crippen molar-refractivity contribution in [2.24, 2.45) is 0 Å². The van der Waals surface area contributed by atoms with Gasteiger partial charge in [-0.25, -0.2) is 4.98 Å². The molecule has 16 heavy (non-hydrogen) atoms. The normalized spacial score (nSPS) is 16.2. The lowest BCUT2D eigenvalue weighted by molar-refractivity contribution is 0.654. The molecule has 0 saturated heterocycles. The topological polar surface area (TPSA) is 50.7 Å². The van der Waals surface area contributed by atoms with Crippen LogP contribution in [0, 0.1) is 0 Å². The molecule has 1 aliphatic carbocycles. The van der Waals surface area contributed by atoms with E-state index in [4.69, 9.17) is 0 Å². The van der Waals surface area contributed by atoms with Gasteiger partial charge in [0.15, 0.2) is 5.52 Å². The van der Waals surface area contributed by atoms with E-state index in [1.807, 2.05) is 6.07 Å². The molecule has 0 amide bonds. The van der Waals surface area contributed by atoms with Gasteiger partial charge in [-0.3, -0.25) is 4.79 Å². The number of rotatable bonds is 2. The van der Waals surface area contributed by atoms with E-state index in [-0.39, 0.29) is 5.56 Å². The molecule has 2 heterocycles. The molecule has 0 radical (unpaired) electrons. The average Bonchev–Trinajstić information content (AvgIpc) is 2.99. The maximum Gasteiger partial charge on any atom is 0.276 e. The molecule has 3 rings (SSSR count). The van der Waals surface area contributed by atoms with E-state index in [0.717, 1.165) is 11.3 Å². The van der Waals surface area contributed by atoms with E-state index in [9.17, 15) is 4.79 Å². The Morgan fingerprint density at radius 2 is 2.25 bits per heavy atom. The molecule has 2 aromatic rings. The highest BCUT2D eigenvalue weighted by Crippen LogP contribution is 2.39. The Morgan fingerprint density at radius 1 is 1.50 bits per heavy atom. The summed E-state index contributed by atoms with van der Waals surface area (Å²) in [5.41, 5.74) is 1.48. The fraction of sp³-hybridized carbons (Fsp3) is 0.500. The number of nitrogens with zero attached hydrogens (tertiary/aromatic N) is 2. The molecule has 4 nitrogen and oxygen atoms in total. The first-order valence-corrected chi connectivity index (χ1v) is 5.78. The first kappa shape index (κ1) is 9.63. The highest BCUT2D eigenvalue weighted by molar-refractivity contribution is 5.75. The summed E-state index contributed by atoms with van der Waals surface area (Å²) in [6, 6.07) is 2.51. The number of hydrogen-bond donors (Lipinski definition) is 1. The lowest BCUT2D eigenvalue weighted by Crippen LogP contribution is -2.05. The van der Waals surface area contributed by atoms with Crippen LogP contribution in [-0.2, 0) is 0 Å². The number of aromatic amines is 1. The van der Waals surface area contributed by atoms with Crippen molar-refractivity contribution in [2.45, 2.75) is 38.6 Å². The Bertz CT molecular complexity index is 590. The number of nitrogens with one attached hydrogen (secondary N) is 1. The number of hydrogen-bond acceptors (Lipinski definition) is 2. The zero-order valence-corrected chi connectivity index (χ0v) is 9.53. The van der Waals surface area contributed by atoms with Crippen molar-refractivity contribution in [3.8, 4) is 0 Å². The van der Waals surface area contributed by atoms with Crippen LogP contribution in [0.25, 0.3) is 11.0 Å². The Morgan fingerprint density at radius 3 is 2.88 bits per heavy atom. The largest absolute Gasteiger partial charge is 0.327 e. The maximum absolute atomic E-state index is 11.7. The predicted octanol–water partition coefficient (Wildman–Crippen LogP) is 2.18. The fourth-order valence-electron chi connectivity index (χ4n) is 2.18. The third kappa shape index (κ3) is 1.29. The third-order valence-electron chi connectivity index (χ3n) is 3.07. The Labute approximate surface area is 93.3 Å². The summed E-state index contributed by atoms with van der Waals surface area (Å²) >= 11 is 0. The van der Waals surface area contributed by atoms with Crippen LogP contribution in [0.4, 0.5) is 0 Å². The van der Waals surface area contributed by atoms with Crippen LogP contribution < -0.4 is 5.56 Å². The molecule has 2 aromatic heterocycles. The van der Waals surface area contributed by atoms with Gasteiger partial charge >= 0.3 is 0 Å². The summed E-state index contributed by atoms with van der Waals surface area (Å²) < 4.78 is 2.25. The molecule has 0 bridgehead atoms. The van der Waals surface area contributed by atoms with Crippen molar-refractivity contribution < 1.29 is 0 Å². The average molecular weight is 217 g/mol. The van der Waals surface area contributed by atoms with Crippen LogP contribution in [0.1, 0.15) is 44.5 Å². The molecule has 0 spiro atoms. The van der Waals surface area contributed by atoms with Gasteiger partial charge in [0.25, 0.3) is 5.56 Å². The van der Waals surface area contributed by atoms with Crippen molar-refractivity contribution in [1.82, 2.24) is 14.5 Å². The van der Waals surface area contributed by atoms with E-state index >= 15 is 0 Å². The van der Waals surface area contributed by atoms with Crippen LogP contribution in [0.2, 0.25) is 0 Å². The minimum atomic E-state index is -0.0844. The maximum atomic E-state index is 11.7. The second-order valence-electron chi connectivity index (χ2n) is 4.77. The van der Waals surface area contributed by atoms with E-state index in [2.05, 4.69) is 28.4 Å².